The van der Waals surface area contributed by atoms with E-state index in [1.54, 1.807) is 0 Å². The Bertz CT molecular complexity index is 294. The van der Waals surface area contributed by atoms with Crippen molar-refractivity contribution in [2.75, 3.05) is 13.2 Å². The third kappa shape index (κ3) is 1.75. The molecule has 2 rings (SSSR count). The van der Waals surface area contributed by atoms with Gasteiger partial charge >= 0.3 is 0 Å². The molecule has 2 heteroatoms. The molecule has 0 bridgehead atoms. The van der Waals surface area contributed by atoms with Crippen LogP contribution in [0.15, 0.2) is 24.3 Å². The Morgan fingerprint density at radius 3 is 2.50 bits per heavy atom. The molecule has 1 saturated heterocycles. The van der Waals surface area contributed by atoms with Crippen LogP contribution in [0, 0.1) is 0 Å². The van der Waals surface area contributed by atoms with Crippen LogP contribution in [0.5, 0.6) is 5.75 Å². The molecular weight excluding hydrogens is 174 g/mol. The van der Waals surface area contributed by atoms with Crippen LogP contribution < -0.4 is 10.1 Å². The van der Waals surface area contributed by atoms with E-state index in [1.807, 2.05) is 6.92 Å². The lowest BCUT2D eigenvalue weighted by Gasteiger charge is -2.35. The average molecular weight is 191 g/mol. The summed E-state index contributed by atoms with van der Waals surface area (Å²) in [6.07, 6.45) is 0. The minimum absolute atomic E-state index is 0.618. The van der Waals surface area contributed by atoms with Crippen molar-refractivity contribution >= 4 is 0 Å². The highest BCUT2D eigenvalue weighted by Crippen LogP contribution is 2.27. The van der Waals surface area contributed by atoms with Crippen LogP contribution in [0.1, 0.15) is 25.3 Å². The van der Waals surface area contributed by atoms with E-state index in [9.17, 15) is 0 Å². The van der Waals surface area contributed by atoms with Crippen molar-refractivity contribution in [3.8, 4) is 5.75 Å². The van der Waals surface area contributed by atoms with Crippen molar-refractivity contribution in [3.63, 3.8) is 0 Å². The lowest BCUT2D eigenvalue weighted by molar-refractivity contribution is 0.330. The molecule has 76 valence electrons. The van der Waals surface area contributed by atoms with E-state index in [4.69, 9.17) is 4.74 Å². The second kappa shape index (κ2) is 4.01. The molecule has 1 fully saturated rings. The molecule has 1 aromatic rings. The zero-order valence-corrected chi connectivity index (χ0v) is 8.79. The van der Waals surface area contributed by atoms with E-state index in [1.165, 1.54) is 5.56 Å². The highest BCUT2D eigenvalue weighted by molar-refractivity contribution is 5.31. The van der Waals surface area contributed by atoms with Crippen LogP contribution in [0.2, 0.25) is 0 Å². The minimum atomic E-state index is 0.618. The fourth-order valence-electron chi connectivity index (χ4n) is 1.86. The monoisotopic (exact) mass is 191 g/mol. The summed E-state index contributed by atoms with van der Waals surface area (Å²) in [5.41, 5.74) is 1.42. The van der Waals surface area contributed by atoms with Gasteiger partial charge in [0.05, 0.1) is 6.61 Å². The Morgan fingerprint density at radius 1 is 1.36 bits per heavy atom. The number of rotatable bonds is 3. The molecule has 0 amide bonds. The van der Waals surface area contributed by atoms with Crippen LogP contribution in [0.4, 0.5) is 0 Å². The van der Waals surface area contributed by atoms with E-state index < -0.39 is 0 Å². The molecule has 1 aromatic carbocycles. The summed E-state index contributed by atoms with van der Waals surface area (Å²) in [5, 5.41) is 3.37. The highest BCUT2D eigenvalue weighted by atomic mass is 16.5. The van der Waals surface area contributed by atoms with E-state index in [-0.39, 0.29) is 0 Å². The third-order valence-electron chi connectivity index (χ3n) is 2.88. The smallest absolute Gasteiger partial charge is 0.119 e. The molecule has 1 N–H and O–H groups in total. The van der Waals surface area contributed by atoms with Gasteiger partial charge in [-0.2, -0.15) is 0 Å². The first-order chi connectivity index (χ1) is 6.81. The van der Waals surface area contributed by atoms with Crippen LogP contribution in [0.3, 0.4) is 0 Å². The van der Waals surface area contributed by atoms with Gasteiger partial charge in [-0.25, -0.2) is 0 Å². The largest absolute Gasteiger partial charge is 0.494 e. The summed E-state index contributed by atoms with van der Waals surface area (Å²) in [5.74, 6) is 1.65. The highest BCUT2D eigenvalue weighted by Gasteiger charge is 2.27. The van der Waals surface area contributed by atoms with Crippen LogP contribution in [0.25, 0.3) is 0 Å². The minimum Gasteiger partial charge on any atom is -0.494 e. The van der Waals surface area contributed by atoms with Gasteiger partial charge < -0.3 is 10.1 Å². The molecule has 14 heavy (non-hydrogen) atoms. The van der Waals surface area contributed by atoms with E-state index in [0.29, 0.717) is 12.0 Å². The summed E-state index contributed by atoms with van der Waals surface area (Å²) in [7, 11) is 0. The Balaban J connectivity index is 2.06. The molecule has 0 spiro atoms. The van der Waals surface area contributed by atoms with Gasteiger partial charge in [0.1, 0.15) is 5.75 Å². The third-order valence-corrected chi connectivity index (χ3v) is 2.88. The number of hydrogen-bond acceptors (Lipinski definition) is 2. The molecule has 2 unspecified atom stereocenters. The second-order valence-corrected chi connectivity index (χ2v) is 3.81. The quantitative estimate of drug-likeness (QED) is 0.790. The SMILES string of the molecule is CCOc1ccc(C2CNC2C)cc1. The summed E-state index contributed by atoms with van der Waals surface area (Å²) >= 11 is 0. The lowest BCUT2D eigenvalue weighted by atomic mass is 9.86. The first-order valence-electron chi connectivity index (χ1n) is 5.27. The molecule has 1 aliphatic heterocycles. The molecule has 0 aromatic heterocycles. The van der Waals surface area contributed by atoms with Crippen molar-refractivity contribution in [1.82, 2.24) is 5.32 Å². The molecule has 1 aliphatic rings. The Morgan fingerprint density at radius 2 is 2.07 bits per heavy atom. The van der Waals surface area contributed by atoms with E-state index in [0.717, 1.165) is 18.9 Å². The lowest BCUT2D eigenvalue weighted by Crippen LogP contribution is -2.48. The van der Waals surface area contributed by atoms with Crippen LogP contribution in [-0.4, -0.2) is 19.2 Å². The summed E-state index contributed by atoms with van der Waals surface area (Å²) in [4.78, 5) is 0. The predicted molar refractivity (Wildman–Crippen MR) is 57.8 cm³/mol. The van der Waals surface area contributed by atoms with Gasteiger partial charge in [0.25, 0.3) is 0 Å². The molecule has 0 saturated carbocycles. The normalized spacial score (nSPS) is 25.6. The number of ether oxygens (including phenoxy) is 1. The van der Waals surface area contributed by atoms with Crippen LogP contribution in [-0.2, 0) is 0 Å². The number of benzene rings is 1. The van der Waals surface area contributed by atoms with Gasteiger partial charge in [-0.05, 0) is 31.5 Å². The molecule has 0 radical (unpaired) electrons. The summed E-state index contributed by atoms with van der Waals surface area (Å²) in [6, 6.07) is 9.08. The number of hydrogen-bond donors (Lipinski definition) is 1. The second-order valence-electron chi connectivity index (χ2n) is 3.81. The zero-order chi connectivity index (χ0) is 9.97. The van der Waals surface area contributed by atoms with Crippen molar-refractivity contribution < 1.29 is 4.74 Å². The van der Waals surface area contributed by atoms with Gasteiger partial charge in [0.2, 0.25) is 0 Å². The molecule has 2 atom stereocenters. The maximum atomic E-state index is 5.40. The van der Waals surface area contributed by atoms with Gasteiger partial charge in [-0.3, -0.25) is 0 Å². The molecule has 2 nitrogen and oxygen atoms in total. The maximum absolute atomic E-state index is 5.40. The van der Waals surface area contributed by atoms with Crippen molar-refractivity contribution in [1.29, 1.82) is 0 Å². The van der Waals surface area contributed by atoms with Crippen molar-refractivity contribution in [2.45, 2.75) is 25.8 Å². The maximum Gasteiger partial charge on any atom is 0.119 e. The van der Waals surface area contributed by atoms with E-state index in [2.05, 4.69) is 36.5 Å². The van der Waals surface area contributed by atoms with Crippen LogP contribution >= 0.6 is 0 Å². The molecule has 1 heterocycles. The summed E-state index contributed by atoms with van der Waals surface area (Å²) < 4.78 is 5.40. The molecule has 0 aliphatic carbocycles. The standard InChI is InChI=1S/C12H17NO/c1-3-14-11-6-4-10(5-7-11)12-8-13-9(12)2/h4-7,9,12-13H,3,8H2,1-2H3. The average Bonchev–Trinajstić information content (AvgIpc) is 2.19. The van der Waals surface area contributed by atoms with Gasteiger partial charge in [0.15, 0.2) is 0 Å². The first kappa shape index (κ1) is 9.53. The van der Waals surface area contributed by atoms with Gasteiger partial charge in [-0.1, -0.05) is 12.1 Å². The Hall–Kier alpha value is -1.02. The number of nitrogens with one attached hydrogen (secondary N) is 1. The van der Waals surface area contributed by atoms with Crippen molar-refractivity contribution in [3.05, 3.63) is 29.8 Å². The fraction of sp³-hybridized carbons (Fsp3) is 0.500. The Labute approximate surface area is 85.3 Å². The Kier molecular flexibility index (Phi) is 2.73. The predicted octanol–water partition coefficient (Wildman–Crippen LogP) is 2.16. The zero-order valence-electron chi connectivity index (χ0n) is 8.79. The topological polar surface area (TPSA) is 21.3 Å². The fourth-order valence-corrected chi connectivity index (χ4v) is 1.86. The van der Waals surface area contributed by atoms with Gasteiger partial charge in [0, 0.05) is 18.5 Å². The first-order valence-corrected chi connectivity index (χ1v) is 5.27. The summed E-state index contributed by atoms with van der Waals surface area (Å²) in [6.45, 7) is 6.08. The van der Waals surface area contributed by atoms with Crippen molar-refractivity contribution in [2.24, 2.45) is 0 Å². The van der Waals surface area contributed by atoms with Gasteiger partial charge in [-0.15, -0.1) is 0 Å². The van der Waals surface area contributed by atoms with E-state index >= 15 is 0 Å². The molecular formula is C12H17NO.